The molecule has 1 rings (SSSR count). The van der Waals surface area contributed by atoms with E-state index >= 15 is 0 Å². The molecule has 0 atom stereocenters. The van der Waals surface area contributed by atoms with E-state index in [0.29, 0.717) is 0 Å². The first kappa shape index (κ1) is 22.9. The molecule has 1 aliphatic heterocycles. The minimum Gasteiger partial charge on any atom is -0.444 e. The van der Waals surface area contributed by atoms with E-state index in [1.165, 1.54) is 0 Å². The molecule has 0 aromatic rings. The van der Waals surface area contributed by atoms with Gasteiger partial charge in [-0.3, -0.25) is 0 Å². The molecule has 0 unspecified atom stereocenters. The summed E-state index contributed by atoms with van der Waals surface area (Å²) in [5.74, 6) is -17.5. The first-order valence-electron chi connectivity index (χ1n) is 7.23. The van der Waals surface area contributed by atoms with Gasteiger partial charge in [-0.25, -0.2) is 4.79 Å². The minimum atomic E-state index is -4.43. The topological polar surface area (TPSA) is 235 Å². The number of hydrogen-bond acceptors (Lipinski definition) is 13. The highest BCUT2D eigenvalue weighted by atomic mass is 16.8. The number of carbonyl (C=O) groups is 1. The van der Waals surface area contributed by atoms with Crippen LogP contribution in [-0.4, -0.2) is 115 Å². The number of hydrogen-bond donors (Lipinski definition) is 10. The van der Waals surface area contributed by atoms with Crippen LogP contribution in [0.4, 0.5) is 4.79 Å². The Bertz CT molecular complexity index is 498. The van der Waals surface area contributed by atoms with E-state index in [-0.39, 0.29) is 0 Å². The van der Waals surface area contributed by atoms with Crippen LogP contribution in [-0.2, 0) is 4.74 Å². The highest BCUT2D eigenvalue weighted by molar-refractivity contribution is 5.69. The third-order valence-corrected chi connectivity index (χ3v) is 3.45. The van der Waals surface area contributed by atoms with Gasteiger partial charge in [-0.2, -0.15) is 4.90 Å². The van der Waals surface area contributed by atoms with E-state index in [0.717, 1.165) is 4.90 Å². The van der Waals surface area contributed by atoms with Crippen molar-refractivity contribution in [3.63, 3.8) is 0 Å². The van der Waals surface area contributed by atoms with Crippen molar-refractivity contribution in [1.29, 1.82) is 0 Å². The summed E-state index contributed by atoms with van der Waals surface area (Å²) in [6.45, 7) is 3.52. The van der Waals surface area contributed by atoms with E-state index in [2.05, 4.69) is 0 Å². The summed E-state index contributed by atoms with van der Waals surface area (Å²) in [5, 5.41) is 93.0. The molecule has 0 aromatic carbocycles. The molecular weight excluding hydrogens is 364 g/mol. The zero-order valence-electron chi connectivity index (χ0n) is 14.2. The van der Waals surface area contributed by atoms with Gasteiger partial charge >= 0.3 is 29.9 Å². The normalized spacial score (nSPS) is 18.2. The second-order valence-corrected chi connectivity index (χ2v) is 6.95. The zero-order chi connectivity index (χ0) is 20.9. The van der Waals surface area contributed by atoms with Gasteiger partial charge in [-0.05, 0) is 20.8 Å². The Hall–Kier alpha value is -1.17. The average Bonchev–Trinajstić information content (AvgIpc) is 2.26. The fraction of sp³-hybridized carbons (Fsp3) is 0.917. The summed E-state index contributed by atoms with van der Waals surface area (Å²) in [7, 11) is 0. The lowest BCUT2D eigenvalue weighted by molar-refractivity contribution is -0.569. The number of aliphatic hydroxyl groups is 10. The zero-order valence-corrected chi connectivity index (χ0v) is 14.2. The largest absolute Gasteiger partial charge is 0.444 e. The van der Waals surface area contributed by atoms with E-state index in [4.69, 9.17) is 35.4 Å². The van der Waals surface area contributed by atoms with Crippen molar-refractivity contribution in [3.8, 4) is 0 Å². The molecule has 1 fully saturated rings. The fourth-order valence-corrected chi connectivity index (χ4v) is 2.14. The third-order valence-electron chi connectivity index (χ3n) is 3.45. The van der Waals surface area contributed by atoms with Crippen molar-refractivity contribution < 1.29 is 60.6 Å². The standard InChI is InChI=1S/C12H24N2O12/c1-8(2,3)26-7(15)13-4-6(5-13)14(9(16,17)11(20,21)22)10(18,19)12(23,24)25/h6,16-25H,4-5H2,1-3H3. The molecule has 14 nitrogen and oxygen atoms in total. The Morgan fingerprint density at radius 2 is 1.19 bits per heavy atom. The van der Waals surface area contributed by atoms with Crippen molar-refractivity contribution in [2.75, 3.05) is 13.1 Å². The maximum absolute atomic E-state index is 11.8. The summed E-state index contributed by atoms with van der Waals surface area (Å²) in [4.78, 5) is 12.1. The van der Waals surface area contributed by atoms with E-state index in [1.54, 1.807) is 20.8 Å². The van der Waals surface area contributed by atoms with Crippen molar-refractivity contribution in [1.82, 2.24) is 9.80 Å². The van der Waals surface area contributed by atoms with Gasteiger partial charge in [0.25, 0.3) is 0 Å². The lowest BCUT2D eigenvalue weighted by Gasteiger charge is -2.54. The van der Waals surface area contributed by atoms with Crippen LogP contribution in [0.5, 0.6) is 0 Å². The van der Waals surface area contributed by atoms with Crippen molar-refractivity contribution in [2.45, 2.75) is 56.2 Å². The van der Waals surface area contributed by atoms with Gasteiger partial charge in [-0.1, -0.05) is 0 Å². The first-order chi connectivity index (χ1) is 11.2. The summed E-state index contributed by atoms with van der Waals surface area (Å²) in [5.41, 5.74) is -0.885. The molecule has 1 amide bonds. The number of ether oxygens (including phenoxy) is 1. The van der Waals surface area contributed by atoms with Gasteiger partial charge in [0, 0.05) is 13.1 Å². The van der Waals surface area contributed by atoms with Crippen LogP contribution in [0.25, 0.3) is 0 Å². The predicted octanol–water partition coefficient (Wildman–Crippen LogP) is -5.55. The summed E-state index contributed by atoms with van der Waals surface area (Å²) >= 11 is 0. The molecule has 1 saturated heterocycles. The Labute approximate surface area is 146 Å². The molecule has 154 valence electrons. The van der Waals surface area contributed by atoms with Crippen LogP contribution < -0.4 is 0 Å². The Morgan fingerprint density at radius 1 is 0.846 bits per heavy atom. The van der Waals surface area contributed by atoms with Crippen LogP contribution >= 0.6 is 0 Å². The van der Waals surface area contributed by atoms with Crippen LogP contribution in [0.15, 0.2) is 0 Å². The van der Waals surface area contributed by atoms with Crippen molar-refractivity contribution in [2.24, 2.45) is 0 Å². The number of carbonyl (C=O) groups excluding carboxylic acids is 1. The Kier molecular flexibility index (Phi) is 5.69. The highest BCUT2D eigenvalue weighted by Gasteiger charge is 2.68. The van der Waals surface area contributed by atoms with Crippen molar-refractivity contribution in [3.05, 3.63) is 0 Å². The van der Waals surface area contributed by atoms with Gasteiger partial charge in [0.05, 0.1) is 6.04 Å². The second-order valence-electron chi connectivity index (χ2n) is 6.95. The van der Waals surface area contributed by atoms with Crippen molar-refractivity contribution >= 4 is 6.09 Å². The van der Waals surface area contributed by atoms with Crippen LogP contribution in [0.2, 0.25) is 0 Å². The number of rotatable bonds is 5. The van der Waals surface area contributed by atoms with Gasteiger partial charge in [-0.15, -0.1) is 0 Å². The summed E-state index contributed by atoms with van der Waals surface area (Å²) in [6, 6.07) is -1.62. The van der Waals surface area contributed by atoms with E-state index < -0.39 is 59.5 Å². The fourth-order valence-electron chi connectivity index (χ4n) is 2.14. The molecule has 10 N–H and O–H groups in total. The number of nitrogens with zero attached hydrogens (tertiary/aromatic N) is 2. The van der Waals surface area contributed by atoms with Gasteiger partial charge < -0.3 is 60.7 Å². The van der Waals surface area contributed by atoms with Gasteiger partial charge in [0.1, 0.15) is 5.60 Å². The van der Waals surface area contributed by atoms with Crippen LogP contribution in [0.3, 0.4) is 0 Å². The lowest BCUT2D eigenvalue weighted by Crippen LogP contribution is -2.82. The van der Waals surface area contributed by atoms with Gasteiger partial charge in [0.15, 0.2) is 0 Å². The SMILES string of the molecule is CC(C)(C)OC(=O)N1CC(N(C(O)(O)C(O)(O)O)C(O)(O)C(O)(O)O)C1. The molecule has 0 bridgehead atoms. The summed E-state index contributed by atoms with van der Waals surface area (Å²) < 4.78 is 5.00. The molecule has 1 aliphatic rings. The third kappa shape index (κ3) is 4.38. The monoisotopic (exact) mass is 388 g/mol. The molecule has 26 heavy (non-hydrogen) atoms. The van der Waals surface area contributed by atoms with E-state index in [1.807, 2.05) is 0 Å². The lowest BCUT2D eigenvalue weighted by atomic mass is 10.0. The molecule has 0 radical (unpaired) electrons. The second kappa shape index (κ2) is 6.47. The molecule has 0 spiro atoms. The molecule has 0 aromatic heterocycles. The maximum atomic E-state index is 11.8. The van der Waals surface area contributed by atoms with Gasteiger partial charge in [0.2, 0.25) is 0 Å². The quantitative estimate of drug-likeness (QED) is 0.198. The predicted molar refractivity (Wildman–Crippen MR) is 76.5 cm³/mol. The summed E-state index contributed by atoms with van der Waals surface area (Å²) in [6.07, 6.45) is -0.900. The molecule has 0 saturated carbocycles. The van der Waals surface area contributed by atoms with E-state index in [9.17, 15) is 25.2 Å². The minimum absolute atomic E-state index is 0.577. The van der Waals surface area contributed by atoms with Crippen LogP contribution in [0.1, 0.15) is 20.8 Å². The first-order valence-corrected chi connectivity index (χ1v) is 7.23. The molecule has 14 heteroatoms. The molecule has 0 aliphatic carbocycles. The Balaban J connectivity index is 3.10. The highest BCUT2D eigenvalue weighted by Crippen LogP contribution is 2.35. The number of likely N-dealkylation sites (tertiary alicyclic amines) is 1. The molecular formula is C12H24N2O12. The Morgan fingerprint density at radius 3 is 1.46 bits per heavy atom. The van der Waals surface area contributed by atoms with Crippen LogP contribution in [0, 0.1) is 0 Å². The maximum Gasteiger partial charge on any atom is 0.410 e. The molecule has 1 heterocycles. The average molecular weight is 388 g/mol. The number of amides is 1. The smallest absolute Gasteiger partial charge is 0.410 e.